The summed E-state index contributed by atoms with van der Waals surface area (Å²) in [6, 6.07) is 29.6. The van der Waals surface area contributed by atoms with Gasteiger partial charge in [0.25, 0.3) is 5.91 Å². The van der Waals surface area contributed by atoms with Gasteiger partial charge in [-0.1, -0.05) is 67.1 Å². The summed E-state index contributed by atoms with van der Waals surface area (Å²) in [6.45, 7) is 4.14. The molecule has 68 heavy (non-hydrogen) atoms. The van der Waals surface area contributed by atoms with Crippen molar-refractivity contribution in [1.29, 1.82) is 0 Å². The summed E-state index contributed by atoms with van der Waals surface area (Å²) in [5.74, 6) is -2.30. The Bertz CT molecular complexity index is 2870. The van der Waals surface area contributed by atoms with E-state index in [0.717, 1.165) is 28.8 Å². The van der Waals surface area contributed by atoms with Crippen molar-refractivity contribution in [3.63, 3.8) is 0 Å². The second kappa shape index (κ2) is 21.1. The fourth-order valence-electron chi connectivity index (χ4n) is 6.97. The van der Waals surface area contributed by atoms with E-state index in [4.69, 9.17) is 0 Å². The molecule has 20 heteroatoms. The third-order valence-corrected chi connectivity index (χ3v) is 11.0. The molecule has 0 radical (unpaired) electrons. The van der Waals surface area contributed by atoms with E-state index >= 15 is 0 Å². The zero-order chi connectivity index (χ0) is 48.4. The number of nitro benzene ring substituents is 1. The number of aromatic hydroxyl groups is 2. The summed E-state index contributed by atoms with van der Waals surface area (Å²) in [5.41, 5.74) is 3.47. The Morgan fingerprint density at radius 1 is 0.735 bits per heavy atom. The molecule has 5 aromatic carbocycles. The predicted octanol–water partition coefficient (Wildman–Crippen LogP) is 7.82. The Morgan fingerprint density at radius 2 is 1.32 bits per heavy atom. The molecule has 0 bridgehead atoms. The van der Waals surface area contributed by atoms with Crippen LogP contribution in [0.15, 0.2) is 130 Å². The van der Waals surface area contributed by atoms with Gasteiger partial charge in [-0.15, -0.1) is 20.4 Å². The molecule has 1 aliphatic heterocycles. The molecule has 3 N–H and O–H groups in total. The zero-order valence-electron chi connectivity index (χ0n) is 37.3. The summed E-state index contributed by atoms with van der Waals surface area (Å²) < 4.78 is 0. The average molecular weight is 919 g/mol. The first kappa shape index (κ1) is 47.3. The fraction of sp³-hybridized carbons (Fsp3) is 0.250. The van der Waals surface area contributed by atoms with Crippen molar-refractivity contribution in [1.82, 2.24) is 35.5 Å². The number of aryl methyl sites for hydroxylation is 1. The van der Waals surface area contributed by atoms with Crippen molar-refractivity contribution in [3.8, 4) is 22.9 Å². The molecule has 3 amide bonds. The number of unbranched alkanes of at least 4 members (excludes halogenated alkanes) is 2. The van der Waals surface area contributed by atoms with Crippen LogP contribution in [0.5, 0.6) is 11.5 Å². The number of hydrogen-bond acceptors (Lipinski definition) is 16. The molecule has 0 aliphatic carbocycles. The van der Waals surface area contributed by atoms with Gasteiger partial charge in [0.15, 0.2) is 17.4 Å². The lowest BCUT2D eigenvalue weighted by Crippen LogP contribution is -2.40. The lowest BCUT2D eigenvalue weighted by molar-refractivity contribution is -0.386. The summed E-state index contributed by atoms with van der Waals surface area (Å²) in [4.78, 5) is 66.5. The molecule has 0 saturated heterocycles. The quantitative estimate of drug-likeness (QED) is 0.0165. The van der Waals surface area contributed by atoms with Gasteiger partial charge in [-0.25, -0.2) is 0 Å². The Labute approximate surface area is 389 Å². The lowest BCUT2D eigenvalue weighted by atomic mass is 10.0. The second-order valence-electron chi connectivity index (χ2n) is 16.2. The van der Waals surface area contributed by atoms with E-state index in [1.165, 1.54) is 17.0 Å². The minimum Gasteiger partial charge on any atom is -0.504 e. The van der Waals surface area contributed by atoms with Crippen molar-refractivity contribution < 1.29 is 34.3 Å². The summed E-state index contributed by atoms with van der Waals surface area (Å²) in [7, 11) is 1.67. The highest BCUT2D eigenvalue weighted by atomic mass is 16.6. The molecule has 0 spiro atoms. The van der Waals surface area contributed by atoms with E-state index in [2.05, 4.69) is 46.2 Å². The molecular weight excluding hydrogens is 873 g/mol. The van der Waals surface area contributed by atoms with Gasteiger partial charge in [0.05, 0.1) is 16.3 Å². The minimum atomic E-state index is -0.924. The van der Waals surface area contributed by atoms with Gasteiger partial charge >= 0.3 is 5.69 Å². The highest BCUT2D eigenvalue weighted by Gasteiger charge is 2.35. The van der Waals surface area contributed by atoms with Gasteiger partial charge in [0.1, 0.15) is 6.54 Å². The van der Waals surface area contributed by atoms with E-state index < -0.39 is 33.6 Å². The molecule has 0 saturated carbocycles. The third-order valence-electron chi connectivity index (χ3n) is 11.0. The number of nitro groups is 1. The molecule has 7 rings (SSSR count). The van der Waals surface area contributed by atoms with Gasteiger partial charge in [0, 0.05) is 67.0 Å². The molecule has 0 atom stereocenters. The number of aromatic nitrogens is 4. The van der Waals surface area contributed by atoms with Crippen LogP contribution < -0.4 is 5.32 Å². The average Bonchev–Trinajstić information content (AvgIpc) is 4.10. The number of benzene rings is 5. The number of amides is 3. The fourth-order valence-corrected chi connectivity index (χ4v) is 6.97. The monoisotopic (exact) mass is 918 g/mol. The Kier molecular flexibility index (Phi) is 14.7. The minimum absolute atomic E-state index is 0.0964. The predicted molar refractivity (Wildman–Crippen MR) is 246 cm³/mol. The van der Waals surface area contributed by atoms with Crippen molar-refractivity contribution in [2.24, 2.45) is 20.5 Å². The summed E-state index contributed by atoms with van der Waals surface area (Å²) >= 11 is 0. The normalized spacial score (nSPS) is 12.4. The lowest BCUT2D eigenvalue weighted by Gasteiger charge is -2.23. The summed E-state index contributed by atoms with van der Waals surface area (Å²) in [6.07, 6.45) is 2.11. The van der Waals surface area contributed by atoms with Crippen LogP contribution in [-0.4, -0.2) is 89.0 Å². The number of nitrogens with zero attached hydrogens (tertiary/aromatic N) is 11. The van der Waals surface area contributed by atoms with Crippen molar-refractivity contribution in [3.05, 3.63) is 159 Å². The Balaban J connectivity index is 0.888. The molecule has 2 heterocycles. The molecule has 1 aromatic heterocycles. The number of phenols is 2. The van der Waals surface area contributed by atoms with Crippen molar-refractivity contribution >= 4 is 40.6 Å². The molecule has 6 aromatic rings. The third kappa shape index (κ3) is 12.2. The van der Waals surface area contributed by atoms with Crippen LogP contribution in [0.2, 0.25) is 0 Å². The zero-order valence-corrected chi connectivity index (χ0v) is 37.3. The largest absolute Gasteiger partial charge is 0.504 e. The van der Waals surface area contributed by atoms with Crippen molar-refractivity contribution in [2.75, 3.05) is 20.1 Å². The van der Waals surface area contributed by atoms with Crippen LogP contribution >= 0.6 is 0 Å². The standard InChI is InChI=1S/C48H46N12O8/c1-30-50-54-46(55-51-30)34-14-10-32(11-15-34)28-59(47(66)35-16-20-38(21-17-35)52-53-39-22-18-37(19-23-39)48(2)56-57-48)29-42(62)49-24-6-4-5-7-43(63)58(3)27-31-8-12-33(13-9-31)44(64)36-25-40(60(67)68)45(65)41(61)26-36/h8-23,25-26,61,65H,4-7,24,27-29H2,1-3H3,(H,49,62). The van der Waals surface area contributed by atoms with Gasteiger partial charge in [0.2, 0.25) is 29.1 Å². The van der Waals surface area contributed by atoms with Crippen LogP contribution in [0.4, 0.5) is 17.1 Å². The molecule has 20 nitrogen and oxygen atoms in total. The molecule has 0 unspecified atom stereocenters. The van der Waals surface area contributed by atoms with Gasteiger partial charge in [-0.2, -0.15) is 20.5 Å². The van der Waals surface area contributed by atoms with E-state index in [9.17, 15) is 39.5 Å². The SMILES string of the molecule is Cc1nnc(-c2ccc(CN(CC(=O)NCCCCCC(=O)N(C)Cc3ccc(C(=O)c4cc(O)c(O)c([N+](=O)[O-])c4)cc3)C(=O)c3ccc(N=Nc4ccc(C5(C)N=N5)cc4)cc3)cc2)nn1. The maximum Gasteiger partial charge on any atom is 0.315 e. The van der Waals surface area contributed by atoms with Gasteiger partial charge < -0.3 is 25.3 Å². The van der Waals surface area contributed by atoms with Crippen LogP contribution in [0.1, 0.15) is 81.4 Å². The number of hydrogen-bond donors (Lipinski definition) is 3. The number of carbonyl (C=O) groups excluding carboxylic acids is 4. The maximum atomic E-state index is 14.0. The van der Waals surface area contributed by atoms with E-state index in [1.807, 2.05) is 43.3 Å². The van der Waals surface area contributed by atoms with Crippen molar-refractivity contribution in [2.45, 2.75) is 58.3 Å². The molecular formula is C48H46N12O8. The van der Waals surface area contributed by atoms with Gasteiger partial charge in [-0.3, -0.25) is 29.3 Å². The van der Waals surface area contributed by atoms with E-state index in [-0.39, 0.29) is 54.9 Å². The molecule has 0 fully saturated rings. The number of phenolic OH excluding ortho intramolecular Hbond substituents is 2. The van der Waals surface area contributed by atoms with E-state index in [0.29, 0.717) is 60.0 Å². The molecule has 1 aliphatic rings. The number of carbonyl (C=O) groups is 4. The smallest absolute Gasteiger partial charge is 0.315 e. The Hall–Kier alpha value is -8.68. The summed E-state index contributed by atoms with van der Waals surface area (Å²) in [5, 5.41) is 66.6. The maximum absolute atomic E-state index is 14.0. The number of nitrogens with one attached hydrogen (secondary N) is 1. The van der Waals surface area contributed by atoms with Crippen LogP contribution in [0.25, 0.3) is 11.4 Å². The highest BCUT2D eigenvalue weighted by molar-refractivity contribution is 6.09. The van der Waals surface area contributed by atoms with Crippen LogP contribution in [-0.2, 0) is 28.3 Å². The number of ketones is 1. The van der Waals surface area contributed by atoms with E-state index in [1.54, 1.807) is 67.4 Å². The first-order chi connectivity index (χ1) is 32.6. The first-order valence-electron chi connectivity index (χ1n) is 21.5. The number of azo groups is 1. The van der Waals surface area contributed by atoms with Gasteiger partial charge in [-0.05, 0) is 80.3 Å². The van der Waals surface area contributed by atoms with Crippen LogP contribution in [0.3, 0.4) is 0 Å². The molecule has 346 valence electrons. The number of rotatable bonds is 20. The van der Waals surface area contributed by atoms with Crippen LogP contribution in [0, 0.1) is 17.0 Å². The first-order valence-corrected chi connectivity index (χ1v) is 21.5. The Morgan fingerprint density at radius 3 is 1.94 bits per heavy atom. The topological polar surface area (TPSA) is 271 Å². The highest BCUT2D eigenvalue weighted by Crippen LogP contribution is 2.39. The second-order valence-corrected chi connectivity index (χ2v) is 16.2.